The van der Waals surface area contributed by atoms with Crippen LogP contribution in [0.5, 0.6) is 0 Å². The van der Waals surface area contributed by atoms with Crippen molar-refractivity contribution in [1.29, 1.82) is 0 Å². The number of carbonyl (C=O) groups excluding carboxylic acids is 1. The minimum absolute atomic E-state index is 0.0567. The van der Waals surface area contributed by atoms with Crippen LogP contribution < -0.4 is 0 Å². The van der Waals surface area contributed by atoms with Gasteiger partial charge in [0.25, 0.3) is 0 Å². The van der Waals surface area contributed by atoms with Gasteiger partial charge in [0.1, 0.15) is 12.2 Å². The van der Waals surface area contributed by atoms with E-state index in [2.05, 4.69) is 26.8 Å². The molecule has 0 amide bonds. The third kappa shape index (κ3) is 6.30. The first-order valence-corrected chi connectivity index (χ1v) is 12.7. The van der Waals surface area contributed by atoms with Crippen LogP contribution in [0.1, 0.15) is 73.6 Å². The van der Waals surface area contributed by atoms with E-state index in [0.29, 0.717) is 17.8 Å². The van der Waals surface area contributed by atoms with Crippen LogP contribution in [0.25, 0.3) is 0 Å². The molecule has 0 spiro atoms. The molecule has 2 aliphatic carbocycles. The van der Waals surface area contributed by atoms with Crippen molar-refractivity contribution in [1.82, 2.24) is 0 Å². The Balaban J connectivity index is 1.73. The van der Waals surface area contributed by atoms with E-state index in [1.165, 1.54) is 12.5 Å². The molecule has 0 aromatic carbocycles. The zero-order chi connectivity index (χ0) is 25.3. The Kier molecular flexibility index (Phi) is 8.68. The van der Waals surface area contributed by atoms with Gasteiger partial charge in [-0.05, 0) is 76.0 Å². The van der Waals surface area contributed by atoms with Gasteiger partial charge in [-0.3, -0.25) is 4.79 Å². The van der Waals surface area contributed by atoms with Gasteiger partial charge in [0, 0.05) is 6.92 Å². The van der Waals surface area contributed by atoms with E-state index in [4.69, 9.17) is 14.2 Å². The Labute approximate surface area is 204 Å². The van der Waals surface area contributed by atoms with Crippen LogP contribution in [-0.2, 0) is 19.0 Å². The van der Waals surface area contributed by atoms with Crippen molar-refractivity contribution >= 4 is 5.97 Å². The van der Waals surface area contributed by atoms with E-state index in [-0.39, 0.29) is 18.1 Å². The molecule has 9 atom stereocenters. The van der Waals surface area contributed by atoms with Gasteiger partial charge < -0.3 is 29.5 Å². The minimum atomic E-state index is -1.24. The molecule has 0 bridgehead atoms. The Morgan fingerprint density at radius 3 is 2.50 bits per heavy atom. The van der Waals surface area contributed by atoms with E-state index in [1.54, 1.807) is 13.8 Å². The van der Waals surface area contributed by atoms with Crippen LogP contribution in [0.15, 0.2) is 23.8 Å². The molecule has 1 saturated heterocycles. The number of rotatable bonds is 6. The van der Waals surface area contributed by atoms with Crippen molar-refractivity contribution in [2.45, 2.75) is 110 Å². The molecule has 3 aliphatic rings. The second kappa shape index (κ2) is 10.8. The van der Waals surface area contributed by atoms with Gasteiger partial charge in [-0.25, -0.2) is 0 Å². The number of hydrogen-bond donors (Lipinski definition) is 3. The topological polar surface area (TPSA) is 105 Å². The molecule has 1 aliphatic heterocycles. The first-order chi connectivity index (χ1) is 15.8. The molecule has 194 valence electrons. The fourth-order valence-corrected chi connectivity index (χ4v) is 6.11. The van der Waals surface area contributed by atoms with Crippen LogP contribution in [-0.4, -0.2) is 64.2 Å². The van der Waals surface area contributed by atoms with Crippen molar-refractivity contribution < 1.29 is 34.3 Å². The van der Waals surface area contributed by atoms with Crippen LogP contribution >= 0.6 is 0 Å². The molecule has 1 heterocycles. The molecule has 0 aromatic rings. The highest BCUT2D eigenvalue weighted by atomic mass is 16.7. The van der Waals surface area contributed by atoms with Gasteiger partial charge in [0.05, 0.1) is 18.3 Å². The van der Waals surface area contributed by atoms with E-state index in [0.717, 1.165) is 32.1 Å². The summed E-state index contributed by atoms with van der Waals surface area (Å²) in [5.74, 6) is 0.811. The number of ether oxygens (including phenoxy) is 3. The molecule has 0 radical (unpaired) electrons. The first kappa shape index (κ1) is 27.3. The lowest BCUT2D eigenvalue weighted by Gasteiger charge is -2.55. The predicted octanol–water partition coefficient (Wildman–Crippen LogP) is 3.51. The summed E-state index contributed by atoms with van der Waals surface area (Å²) >= 11 is 0. The van der Waals surface area contributed by atoms with Gasteiger partial charge >= 0.3 is 5.97 Å². The smallest absolute Gasteiger partial charge is 0.303 e. The average molecular weight is 481 g/mol. The second-order valence-electron chi connectivity index (χ2n) is 11.5. The van der Waals surface area contributed by atoms with Crippen LogP contribution in [0.3, 0.4) is 0 Å². The molecule has 7 nitrogen and oxygen atoms in total. The van der Waals surface area contributed by atoms with Crippen LogP contribution in [0.2, 0.25) is 0 Å². The van der Waals surface area contributed by atoms with Crippen molar-refractivity contribution in [2.24, 2.45) is 23.2 Å². The molecule has 3 fully saturated rings. The largest absolute Gasteiger partial charge is 0.454 e. The molecule has 34 heavy (non-hydrogen) atoms. The van der Waals surface area contributed by atoms with Gasteiger partial charge in [-0.2, -0.15) is 0 Å². The quantitative estimate of drug-likeness (QED) is 0.395. The van der Waals surface area contributed by atoms with E-state index < -0.39 is 36.2 Å². The normalized spacial score (nSPS) is 41.9. The van der Waals surface area contributed by atoms with Gasteiger partial charge in [-0.1, -0.05) is 37.6 Å². The molecule has 0 unspecified atom stereocenters. The number of hydrogen-bond acceptors (Lipinski definition) is 7. The maximum absolute atomic E-state index is 11.6. The lowest BCUT2D eigenvalue weighted by Crippen LogP contribution is -2.58. The Morgan fingerprint density at radius 2 is 1.85 bits per heavy atom. The highest BCUT2D eigenvalue weighted by Gasteiger charge is 2.52. The van der Waals surface area contributed by atoms with Crippen molar-refractivity contribution in [3.8, 4) is 0 Å². The summed E-state index contributed by atoms with van der Waals surface area (Å²) < 4.78 is 17.4. The third-order valence-corrected chi connectivity index (χ3v) is 8.37. The van der Waals surface area contributed by atoms with Gasteiger partial charge in [0.15, 0.2) is 12.4 Å². The molecule has 2 saturated carbocycles. The monoisotopic (exact) mass is 480 g/mol. The Hall–Kier alpha value is -1.25. The summed E-state index contributed by atoms with van der Waals surface area (Å²) in [6.07, 6.45) is 6.60. The van der Waals surface area contributed by atoms with Crippen molar-refractivity contribution in [3.05, 3.63) is 23.8 Å². The van der Waals surface area contributed by atoms with Crippen LogP contribution in [0, 0.1) is 23.2 Å². The third-order valence-electron chi connectivity index (χ3n) is 8.37. The molecule has 0 aromatic heterocycles. The zero-order valence-corrected chi connectivity index (χ0v) is 21.6. The summed E-state index contributed by atoms with van der Waals surface area (Å²) in [5.41, 5.74) is 0.598. The first-order valence-electron chi connectivity index (χ1n) is 12.7. The van der Waals surface area contributed by atoms with Crippen molar-refractivity contribution in [3.63, 3.8) is 0 Å². The van der Waals surface area contributed by atoms with Crippen LogP contribution in [0.4, 0.5) is 0 Å². The summed E-state index contributed by atoms with van der Waals surface area (Å²) in [7, 11) is 0. The van der Waals surface area contributed by atoms with Gasteiger partial charge in [0.2, 0.25) is 0 Å². The number of allylic oxidation sites excluding steroid dienone is 3. The summed E-state index contributed by atoms with van der Waals surface area (Å²) in [6.45, 7) is 11.6. The maximum atomic E-state index is 11.6. The van der Waals surface area contributed by atoms with Crippen molar-refractivity contribution in [2.75, 3.05) is 6.61 Å². The molecular weight excluding hydrogens is 436 g/mol. The number of fused-ring (bicyclic) bond motifs is 1. The van der Waals surface area contributed by atoms with E-state index in [9.17, 15) is 20.1 Å². The van der Waals surface area contributed by atoms with Gasteiger partial charge in [-0.15, -0.1) is 0 Å². The molecular formula is C27H44O7. The second-order valence-corrected chi connectivity index (χ2v) is 11.5. The number of aliphatic hydroxyl groups is 3. The average Bonchev–Trinajstić information content (AvgIpc) is 2.74. The summed E-state index contributed by atoms with van der Waals surface area (Å²) in [6, 6.07) is 0. The Morgan fingerprint density at radius 1 is 1.15 bits per heavy atom. The Bertz CT molecular complexity index is 769. The minimum Gasteiger partial charge on any atom is -0.454 e. The predicted molar refractivity (Wildman–Crippen MR) is 129 cm³/mol. The number of esters is 1. The molecule has 3 N–H and O–H groups in total. The number of aliphatic hydroxyl groups excluding tert-OH is 2. The fourth-order valence-electron chi connectivity index (χ4n) is 6.11. The highest BCUT2D eigenvalue weighted by Crippen LogP contribution is 2.56. The molecule has 7 heteroatoms. The number of carbonyl (C=O) groups is 1. The molecule has 3 rings (SSSR count). The summed E-state index contributed by atoms with van der Waals surface area (Å²) in [4.78, 5) is 11.6. The standard InChI is InChI=1S/C27H44O7/c1-16(8-7-13-26(4,5)31)19-10-11-20-22(12-9-17(2)27(20,6)14-19)34-25-24(33-18(3)28)23(30)21(29)15-32-25/h7-8,13,17,19-25,29-31H,9-12,14-15H2,1-6H3/b13-7+,16-8+/t17-,19-,20+,21+,22-,23+,24-,25+,27+/m0/s1. The fraction of sp³-hybridized carbons (Fsp3) is 0.815. The van der Waals surface area contributed by atoms with E-state index in [1.807, 2.05) is 12.2 Å². The lowest BCUT2D eigenvalue weighted by molar-refractivity contribution is -0.300. The van der Waals surface area contributed by atoms with E-state index >= 15 is 0 Å². The SMILES string of the molecule is CC(=O)O[C@@H]1[C@@H](O[C@H]2CC[C@H](C)[C@@]3(C)C[C@@H](/C(C)=C/C=C/C(C)(C)O)CC[C@H]23)OC[C@@H](O)[C@H]1O. The maximum Gasteiger partial charge on any atom is 0.303 e. The highest BCUT2D eigenvalue weighted by molar-refractivity contribution is 5.66. The summed E-state index contributed by atoms with van der Waals surface area (Å²) in [5, 5.41) is 30.3. The lowest BCUT2D eigenvalue weighted by atomic mass is 9.52. The zero-order valence-electron chi connectivity index (χ0n) is 21.6.